The Hall–Kier alpha value is -1.96. The van der Waals surface area contributed by atoms with Gasteiger partial charge in [-0.3, -0.25) is 4.99 Å². The number of hydrogen-bond donors (Lipinski definition) is 2. The van der Waals surface area contributed by atoms with Crippen molar-refractivity contribution in [1.29, 1.82) is 0 Å². The van der Waals surface area contributed by atoms with E-state index in [1.165, 1.54) is 11.1 Å². The zero-order chi connectivity index (χ0) is 18.4. The molecule has 1 aliphatic heterocycles. The van der Waals surface area contributed by atoms with Crippen molar-refractivity contribution < 1.29 is 9.47 Å². The Kier molecular flexibility index (Phi) is 8.22. The molecule has 2 N–H and O–H groups in total. The van der Waals surface area contributed by atoms with Gasteiger partial charge in [-0.25, -0.2) is 0 Å². The molecule has 146 valence electrons. The molecule has 1 aliphatic rings. The van der Waals surface area contributed by atoms with Crippen molar-refractivity contribution in [1.82, 2.24) is 10.6 Å². The lowest BCUT2D eigenvalue weighted by molar-refractivity contribution is 0.235. The molecule has 2 atom stereocenters. The Balaban J connectivity index is 0.00000261. The highest BCUT2D eigenvalue weighted by Gasteiger charge is 2.22. The van der Waals surface area contributed by atoms with E-state index >= 15 is 0 Å². The van der Waals surface area contributed by atoms with E-state index in [2.05, 4.69) is 40.7 Å². The number of nitrogens with one attached hydrogen (secondary N) is 2. The second-order valence-electron chi connectivity index (χ2n) is 6.53. The Bertz CT molecular complexity index is 742. The van der Waals surface area contributed by atoms with E-state index in [1.807, 2.05) is 30.3 Å². The minimum absolute atomic E-state index is 0. The molecule has 3 rings (SSSR count). The molecule has 2 aromatic carbocycles. The molecule has 0 amide bonds. The van der Waals surface area contributed by atoms with Gasteiger partial charge in [0, 0.05) is 25.9 Å². The second kappa shape index (κ2) is 10.4. The molecule has 0 spiro atoms. The molecule has 0 saturated carbocycles. The molecular weight excluding hydrogens is 453 g/mol. The smallest absolute Gasteiger partial charge is 0.191 e. The van der Waals surface area contributed by atoms with Gasteiger partial charge in [-0.1, -0.05) is 43.3 Å². The summed E-state index contributed by atoms with van der Waals surface area (Å²) >= 11 is 0. The van der Waals surface area contributed by atoms with Gasteiger partial charge in [0.15, 0.2) is 5.96 Å². The predicted molar refractivity (Wildman–Crippen MR) is 121 cm³/mol. The number of nitrogens with zero attached hydrogens (tertiary/aromatic N) is 1. The zero-order valence-corrected chi connectivity index (χ0v) is 18.4. The van der Waals surface area contributed by atoms with Gasteiger partial charge in [-0.2, -0.15) is 0 Å². The van der Waals surface area contributed by atoms with Crippen LogP contribution >= 0.6 is 24.0 Å². The minimum Gasteiger partial charge on any atom is -0.496 e. The highest BCUT2D eigenvalue weighted by molar-refractivity contribution is 14.0. The van der Waals surface area contributed by atoms with E-state index < -0.39 is 0 Å². The maximum absolute atomic E-state index is 5.97. The molecule has 0 aliphatic carbocycles. The summed E-state index contributed by atoms with van der Waals surface area (Å²) in [5, 5.41) is 6.76. The van der Waals surface area contributed by atoms with E-state index in [-0.39, 0.29) is 30.1 Å². The van der Waals surface area contributed by atoms with Gasteiger partial charge < -0.3 is 20.1 Å². The Morgan fingerprint density at radius 3 is 2.67 bits per heavy atom. The summed E-state index contributed by atoms with van der Waals surface area (Å²) in [6, 6.07) is 16.3. The standard InChI is InChI=1S/C21H27N3O2.HI/c1-15(18-9-5-7-11-20(18)25-3)13-23-21(22-2)24-14-17-12-16-8-4-6-10-19(16)26-17;/h4-11,15,17H,12-14H2,1-3H3,(H2,22,23,24);1H. The number of rotatable bonds is 6. The van der Waals surface area contributed by atoms with Crippen molar-refractivity contribution in [2.75, 3.05) is 27.2 Å². The van der Waals surface area contributed by atoms with Crippen molar-refractivity contribution >= 4 is 29.9 Å². The summed E-state index contributed by atoms with van der Waals surface area (Å²) < 4.78 is 11.4. The third-order valence-electron chi connectivity index (χ3n) is 4.68. The van der Waals surface area contributed by atoms with Gasteiger partial charge in [0.25, 0.3) is 0 Å². The Morgan fingerprint density at radius 1 is 1.19 bits per heavy atom. The number of fused-ring (bicyclic) bond motifs is 1. The topological polar surface area (TPSA) is 54.9 Å². The van der Waals surface area contributed by atoms with Crippen molar-refractivity contribution in [3.63, 3.8) is 0 Å². The van der Waals surface area contributed by atoms with Crippen LogP contribution in [-0.4, -0.2) is 39.3 Å². The molecular formula is C21H28IN3O2. The van der Waals surface area contributed by atoms with Crippen LogP contribution in [0.4, 0.5) is 0 Å². The summed E-state index contributed by atoms with van der Waals surface area (Å²) in [6.07, 6.45) is 1.07. The van der Waals surface area contributed by atoms with Gasteiger partial charge in [-0.05, 0) is 23.3 Å². The van der Waals surface area contributed by atoms with Crippen LogP contribution in [0, 0.1) is 0 Å². The van der Waals surface area contributed by atoms with Crippen LogP contribution in [-0.2, 0) is 6.42 Å². The fourth-order valence-corrected chi connectivity index (χ4v) is 3.23. The lowest BCUT2D eigenvalue weighted by atomic mass is 10.0. The first-order valence-electron chi connectivity index (χ1n) is 9.03. The highest BCUT2D eigenvalue weighted by Crippen LogP contribution is 2.28. The largest absolute Gasteiger partial charge is 0.496 e. The second-order valence-corrected chi connectivity index (χ2v) is 6.53. The van der Waals surface area contributed by atoms with Gasteiger partial charge in [0.05, 0.1) is 13.7 Å². The summed E-state index contributed by atoms with van der Waals surface area (Å²) in [4.78, 5) is 4.31. The average Bonchev–Trinajstić information content (AvgIpc) is 3.10. The molecule has 27 heavy (non-hydrogen) atoms. The first-order valence-corrected chi connectivity index (χ1v) is 9.03. The molecule has 0 radical (unpaired) electrons. The zero-order valence-electron chi connectivity index (χ0n) is 16.1. The summed E-state index contributed by atoms with van der Waals surface area (Å²) in [5.74, 6) is 3.00. The van der Waals surface area contributed by atoms with Crippen LogP contribution in [0.5, 0.6) is 11.5 Å². The van der Waals surface area contributed by atoms with Crippen LogP contribution in [0.1, 0.15) is 24.0 Å². The number of guanidine groups is 1. The predicted octanol–water partition coefficient (Wildman–Crippen LogP) is 3.59. The molecule has 0 fully saturated rings. The SMILES string of the molecule is CN=C(NCC1Cc2ccccc2O1)NCC(C)c1ccccc1OC.I. The molecule has 2 aromatic rings. The summed E-state index contributed by atoms with van der Waals surface area (Å²) in [5.41, 5.74) is 2.46. The number of para-hydroxylation sites is 2. The van der Waals surface area contributed by atoms with E-state index in [4.69, 9.17) is 9.47 Å². The van der Waals surface area contributed by atoms with Crippen molar-refractivity contribution in [3.05, 3.63) is 59.7 Å². The van der Waals surface area contributed by atoms with E-state index in [9.17, 15) is 0 Å². The van der Waals surface area contributed by atoms with Gasteiger partial charge in [0.2, 0.25) is 0 Å². The lowest BCUT2D eigenvalue weighted by Gasteiger charge is -2.19. The van der Waals surface area contributed by atoms with Gasteiger partial charge in [-0.15, -0.1) is 24.0 Å². The Labute approximate surface area is 178 Å². The van der Waals surface area contributed by atoms with Crippen LogP contribution in [0.3, 0.4) is 0 Å². The molecule has 0 bridgehead atoms. The molecule has 1 heterocycles. The van der Waals surface area contributed by atoms with Gasteiger partial charge >= 0.3 is 0 Å². The van der Waals surface area contributed by atoms with E-state index in [0.29, 0.717) is 5.92 Å². The number of benzene rings is 2. The lowest BCUT2D eigenvalue weighted by Crippen LogP contribution is -2.43. The number of methoxy groups -OCH3 is 1. The van der Waals surface area contributed by atoms with Crippen molar-refractivity contribution in [2.45, 2.75) is 25.4 Å². The summed E-state index contributed by atoms with van der Waals surface area (Å²) in [7, 11) is 3.49. The molecule has 0 saturated heterocycles. The number of hydrogen-bond acceptors (Lipinski definition) is 3. The number of halogens is 1. The average molecular weight is 481 g/mol. The molecule has 2 unspecified atom stereocenters. The van der Waals surface area contributed by atoms with Crippen molar-refractivity contribution in [3.8, 4) is 11.5 Å². The van der Waals surface area contributed by atoms with Crippen LogP contribution in [0.25, 0.3) is 0 Å². The third-order valence-corrected chi connectivity index (χ3v) is 4.68. The fraction of sp³-hybridized carbons (Fsp3) is 0.381. The van der Waals surface area contributed by atoms with Crippen molar-refractivity contribution in [2.24, 2.45) is 4.99 Å². The normalized spacial score (nSPS) is 16.6. The molecule has 6 heteroatoms. The van der Waals surface area contributed by atoms with Crippen LogP contribution in [0.2, 0.25) is 0 Å². The maximum atomic E-state index is 5.97. The van der Waals surface area contributed by atoms with Gasteiger partial charge in [0.1, 0.15) is 17.6 Å². The first-order chi connectivity index (χ1) is 12.7. The minimum atomic E-state index is 0. The summed E-state index contributed by atoms with van der Waals surface area (Å²) in [6.45, 7) is 3.66. The highest BCUT2D eigenvalue weighted by atomic mass is 127. The number of aliphatic imine (C=N–C) groups is 1. The quantitative estimate of drug-likeness (QED) is 0.376. The van der Waals surface area contributed by atoms with Crippen LogP contribution < -0.4 is 20.1 Å². The van der Waals surface area contributed by atoms with E-state index in [1.54, 1.807) is 14.2 Å². The fourth-order valence-electron chi connectivity index (χ4n) is 3.23. The third kappa shape index (κ3) is 5.51. The van der Waals surface area contributed by atoms with E-state index in [0.717, 1.165) is 37.0 Å². The first kappa shape index (κ1) is 21.3. The van der Waals surface area contributed by atoms with Crippen LogP contribution in [0.15, 0.2) is 53.5 Å². The number of ether oxygens (including phenoxy) is 2. The monoisotopic (exact) mass is 481 g/mol. The molecule has 0 aromatic heterocycles. The molecule has 5 nitrogen and oxygen atoms in total. The Morgan fingerprint density at radius 2 is 1.93 bits per heavy atom. The maximum Gasteiger partial charge on any atom is 0.191 e.